The summed E-state index contributed by atoms with van der Waals surface area (Å²) in [6, 6.07) is 14.1. The minimum absolute atomic E-state index is 0.138. The standard InChI is InChI=1S/C16H20N2O/c17-8-6-12-2-1-3-14(10-12)16-11-15(18)5-4-13(16)7-9-19/h1-5,10-11,19H,6-9,17-18H2. The Hall–Kier alpha value is -1.84. The zero-order chi connectivity index (χ0) is 13.7. The van der Waals surface area contributed by atoms with E-state index in [-0.39, 0.29) is 6.61 Å². The fraction of sp³-hybridized carbons (Fsp3) is 0.250. The molecule has 0 spiro atoms. The molecule has 0 saturated heterocycles. The van der Waals surface area contributed by atoms with Crippen molar-refractivity contribution in [3.05, 3.63) is 53.6 Å². The van der Waals surface area contributed by atoms with Crippen LogP contribution in [-0.2, 0) is 12.8 Å². The van der Waals surface area contributed by atoms with Crippen molar-refractivity contribution >= 4 is 5.69 Å². The van der Waals surface area contributed by atoms with Gasteiger partial charge in [-0.15, -0.1) is 0 Å². The molecule has 0 amide bonds. The van der Waals surface area contributed by atoms with E-state index in [1.807, 2.05) is 24.3 Å². The van der Waals surface area contributed by atoms with Gasteiger partial charge < -0.3 is 16.6 Å². The molecule has 0 heterocycles. The van der Waals surface area contributed by atoms with Crippen LogP contribution in [0, 0.1) is 0 Å². The van der Waals surface area contributed by atoms with Crippen molar-refractivity contribution in [3.63, 3.8) is 0 Å². The summed E-state index contributed by atoms with van der Waals surface area (Å²) in [5, 5.41) is 9.15. The summed E-state index contributed by atoms with van der Waals surface area (Å²) in [6.45, 7) is 0.781. The zero-order valence-electron chi connectivity index (χ0n) is 11.0. The highest BCUT2D eigenvalue weighted by Crippen LogP contribution is 2.27. The Morgan fingerprint density at radius 1 is 1.00 bits per heavy atom. The maximum atomic E-state index is 9.15. The molecule has 3 nitrogen and oxygen atoms in total. The van der Waals surface area contributed by atoms with Gasteiger partial charge in [0, 0.05) is 12.3 Å². The second-order valence-electron chi connectivity index (χ2n) is 4.63. The highest BCUT2D eigenvalue weighted by Gasteiger charge is 2.06. The molecular weight excluding hydrogens is 236 g/mol. The van der Waals surface area contributed by atoms with Crippen LogP contribution in [0.3, 0.4) is 0 Å². The van der Waals surface area contributed by atoms with Crippen molar-refractivity contribution in [1.82, 2.24) is 0 Å². The summed E-state index contributed by atoms with van der Waals surface area (Å²) in [4.78, 5) is 0. The van der Waals surface area contributed by atoms with E-state index in [9.17, 15) is 0 Å². The van der Waals surface area contributed by atoms with Crippen molar-refractivity contribution in [2.45, 2.75) is 12.8 Å². The molecule has 0 aliphatic heterocycles. The van der Waals surface area contributed by atoms with Gasteiger partial charge in [-0.25, -0.2) is 0 Å². The van der Waals surface area contributed by atoms with Crippen molar-refractivity contribution in [2.24, 2.45) is 5.73 Å². The molecule has 0 aromatic heterocycles. The second-order valence-corrected chi connectivity index (χ2v) is 4.63. The molecular formula is C16H20N2O. The summed E-state index contributed by atoms with van der Waals surface area (Å²) >= 11 is 0. The summed E-state index contributed by atoms with van der Waals surface area (Å²) in [5.41, 5.74) is 16.8. The van der Waals surface area contributed by atoms with Gasteiger partial charge in [-0.1, -0.05) is 30.3 Å². The van der Waals surface area contributed by atoms with Crippen LogP contribution in [-0.4, -0.2) is 18.3 Å². The molecule has 19 heavy (non-hydrogen) atoms. The Labute approximate surface area is 113 Å². The van der Waals surface area contributed by atoms with E-state index in [0.717, 1.165) is 28.8 Å². The third-order valence-corrected chi connectivity index (χ3v) is 3.19. The molecule has 0 aliphatic carbocycles. The number of hydrogen-bond acceptors (Lipinski definition) is 3. The van der Waals surface area contributed by atoms with Gasteiger partial charge in [0.05, 0.1) is 0 Å². The molecule has 0 atom stereocenters. The average molecular weight is 256 g/mol. The monoisotopic (exact) mass is 256 g/mol. The molecule has 100 valence electrons. The van der Waals surface area contributed by atoms with Gasteiger partial charge in [0.1, 0.15) is 0 Å². The molecule has 5 N–H and O–H groups in total. The van der Waals surface area contributed by atoms with E-state index in [1.54, 1.807) is 0 Å². The number of aliphatic hydroxyl groups is 1. The fourth-order valence-corrected chi connectivity index (χ4v) is 2.26. The molecule has 0 aliphatic rings. The Kier molecular flexibility index (Phi) is 4.55. The largest absolute Gasteiger partial charge is 0.399 e. The maximum absolute atomic E-state index is 9.15. The molecule has 2 aromatic rings. The van der Waals surface area contributed by atoms with Gasteiger partial charge in [0.25, 0.3) is 0 Å². The van der Waals surface area contributed by atoms with Crippen molar-refractivity contribution in [1.29, 1.82) is 0 Å². The number of nitrogens with two attached hydrogens (primary N) is 2. The number of aliphatic hydroxyl groups excluding tert-OH is 1. The molecule has 0 saturated carbocycles. The van der Waals surface area contributed by atoms with Crippen LogP contribution in [0.1, 0.15) is 11.1 Å². The van der Waals surface area contributed by atoms with Crippen LogP contribution < -0.4 is 11.5 Å². The zero-order valence-corrected chi connectivity index (χ0v) is 11.0. The first-order chi connectivity index (χ1) is 9.24. The fourth-order valence-electron chi connectivity index (χ4n) is 2.26. The minimum atomic E-state index is 0.138. The number of rotatable bonds is 5. The van der Waals surface area contributed by atoms with Crippen LogP contribution in [0.25, 0.3) is 11.1 Å². The average Bonchev–Trinajstić information content (AvgIpc) is 2.42. The van der Waals surface area contributed by atoms with E-state index in [4.69, 9.17) is 16.6 Å². The van der Waals surface area contributed by atoms with Crippen LogP contribution in [0.4, 0.5) is 5.69 Å². The third kappa shape index (κ3) is 3.34. The van der Waals surface area contributed by atoms with Crippen molar-refractivity contribution < 1.29 is 5.11 Å². The van der Waals surface area contributed by atoms with Crippen LogP contribution >= 0.6 is 0 Å². The molecule has 2 rings (SSSR count). The Balaban J connectivity index is 2.44. The van der Waals surface area contributed by atoms with Gasteiger partial charge in [0.2, 0.25) is 0 Å². The van der Waals surface area contributed by atoms with E-state index in [0.29, 0.717) is 13.0 Å². The van der Waals surface area contributed by atoms with Gasteiger partial charge >= 0.3 is 0 Å². The second kappa shape index (κ2) is 6.36. The summed E-state index contributed by atoms with van der Waals surface area (Å²) in [7, 11) is 0. The highest BCUT2D eigenvalue weighted by molar-refractivity contribution is 5.71. The predicted molar refractivity (Wildman–Crippen MR) is 79.8 cm³/mol. The summed E-state index contributed by atoms with van der Waals surface area (Å²) in [6.07, 6.45) is 1.50. The van der Waals surface area contributed by atoms with Crippen LogP contribution in [0.5, 0.6) is 0 Å². The quantitative estimate of drug-likeness (QED) is 0.716. The van der Waals surface area contributed by atoms with Crippen LogP contribution in [0.2, 0.25) is 0 Å². The predicted octanol–water partition coefficient (Wildman–Crippen LogP) is 1.97. The lowest BCUT2D eigenvalue weighted by Gasteiger charge is -2.11. The van der Waals surface area contributed by atoms with Gasteiger partial charge in [-0.3, -0.25) is 0 Å². The number of hydrogen-bond donors (Lipinski definition) is 3. The summed E-state index contributed by atoms with van der Waals surface area (Å²) < 4.78 is 0. The molecule has 0 radical (unpaired) electrons. The first-order valence-corrected chi connectivity index (χ1v) is 6.53. The lowest BCUT2D eigenvalue weighted by Crippen LogP contribution is -2.02. The van der Waals surface area contributed by atoms with Crippen molar-refractivity contribution in [2.75, 3.05) is 18.9 Å². The molecule has 0 fully saturated rings. The third-order valence-electron chi connectivity index (χ3n) is 3.19. The van der Waals surface area contributed by atoms with E-state index in [1.165, 1.54) is 5.56 Å². The smallest absolute Gasteiger partial charge is 0.0471 e. The topological polar surface area (TPSA) is 72.3 Å². The molecule has 2 aromatic carbocycles. The van der Waals surface area contributed by atoms with E-state index >= 15 is 0 Å². The normalized spacial score (nSPS) is 10.6. The minimum Gasteiger partial charge on any atom is -0.399 e. The number of benzene rings is 2. The van der Waals surface area contributed by atoms with E-state index in [2.05, 4.69) is 18.2 Å². The SMILES string of the molecule is NCCc1cccc(-c2cc(N)ccc2CCO)c1. The van der Waals surface area contributed by atoms with Gasteiger partial charge in [0.15, 0.2) is 0 Å². The first kappa shape index (κ1) is 13.6. The van der Waals surface area contributed by atoms with Gasteiger partial charge in [-0.05, 0) is 53.8 Å². The molecule has 0 bridgehead atoms. The highest BCUT2D eigenvalue weighted by atomic mass is 16.2. The Bertz CT molecular complexity index is 552. The summed E-state index contributed by atoms with van der Waals surface area (Å²) in [5.74, 6) is 0. The van der Waals surface area contributed by atoms with Gasteiger partial charge in [-0.2, -0.15) is 0 Å². The molecule has 0 unspecified atom stereocenters. The lowest BCUT2D eigenvalue weighted by atomic mass is 9.95. The first-order valence-electron chi connectivity index (χ1n) is 6.53. The molecule has 3 heteroatoms. The maximum Gasteiger partial charge on any atom is 0.0471 e. The Morgan fingerprint density at radius 2 is 1.84 bits per heavy atom. The number of anilines is 1. The Morgan fingerprint density at radius 3 is 2.58 bits per heavy atom. The van der Waals surface area contributed by atoms with E-state index < -0.39 is 0 Å². The van der Waals surface area contributed by atoms with Crippen molar-refractivity contribution in [3.8, 4) is 11.1 Å². The number of nitrogen functional groups attached to an aromatic ring is 1. The van der Waals surface area contributed by atoms with Crippen LogP contribution in [0.15, 0.2) is 42.5 Å². The lowest BCUT2D eigenvalue weighted by molar-refractivity contribution is 0.300.